The summed E-state index contributed by atoms with van der Waals surface area (Å²) in [4.78, 5) is 32.9. The molecule has 0 spiro atoms. The smallest absolute Gasteiger partial charge is 0.273 e. The van der Waals surface area contributed by atoms with Crippen molar-refractivity contribution in [3.63, 3.8) is 0 Å². The fourth-order valence-corrected chi connectivity index (χ4v) is 3.73. The molecule has 31 heavy (non-hydrogen) atoms. The molecule has 11 heteroatoms. The molecular formula is C20H24BrF2N5O3. The van der Waals surface area contributed by atoms with Gasteiger partial charge in [0.2, 0.25) is 17.7 Å². The number of ether oxygens (including phenoxy) is 1. The number of rotatable bonds is 6. The Kier molecular flexibility index (Phi) is 7.26. The van der Waals surface area contributed by atoms with Gasteiger partial charge in [-0.2, -0.15) is 4.98 Å². The van der Waals surface area contributed by atoms with Crippen LogP contribution in [-0.2, 0) is 11.4 Å². The summed E-state index contributed by atoms with van der Waals surface area (Å²) in [6.45, 7) is 5.31. The van der Waals surface area contributed by atoms with Crippen LogP contribution in [0.4, 0.5) is 14.7 Å². The maximum absolute atomic E-state index is 13.9. The largest absolute Gasteiger partial charge is 0.472 e. The van der Waals surface area contributed by atoms with E-state index in [0.717, 1.165) is 12.1 Å². The molecular weight excluding hydrogens is 476 g/mol. The monoisotopic (exact) mass is 499 g/mol. The average Bonchev–Trinajstić information content (AvgIpc) is 2.74. The van der Waals surface area contributed by atoms with E-state index in [0.29, 0.717) is 32.1 Å². The Morgan fingerprint density at radius 2 is 1.94 bits per heavy atom. The number of amides is 1. The highest BCUT2D eigenvalue weighted by molar-refractivity contribution is 9.10. The number of nitrogens with two attached hydrogens (primary N) is 1. The molecule has 168 valence electrons. The first kappa shape index (κ1) is 23.1. The van der Waals surface area contributed by atoms with E-state index in [1.807, 2.05) is 18.7 Å². The Labute approximate surface area is 186 Å². The Bertz CT molecular complexity index is 1020. The van der Waals surface area contributed by atoms with Crippen LogP contribution in [0, 0.1) is 11.6 Å². The number of halogens is 3. The fourth-order valence-electron chi connectivity index (χ4n) is 3.34. The van der Waals surface area contributed by atoms with Gasteiger partial charge in [0.15, 0.2) is 0 Å². The summed E-state index contributed by atoms with van der Waals surface area (Å²) in [7, 11) is 0. The minimum atomic E-state index is -0.743. The van der Waals surface area contributed by atoms with Crippen molar-refractivity contribution in [3.05, 3.63) is 50.2 Å². The average molecular weight is 500 g/mol. The summed E-state index contributed by atoms with van der Waals surface area (Å²) in [5.41, 5.74) is 5.24. The third-order valence-corrected chi connectivity index (χ3v) is 5.68. The van der Waals surface area contributed by atoms with Crippen LogP contribution in [0.1, 0.15) is 25.5 Å². The van der Waals surface area contributed by atoms with Crippen LogP contribution in [0.2, 0.25) is 0 Å². The quantitative estimate of drug-likeness (QED) is 0.653. The van der Waals surface area contributed by atoms with Crippen LogP contribution in [0.15, 0.2) is 27.5 Å². The summed E-state index contributed by atoms with van der Waals surface area (Å²) >= 11 is 3.24. The van der Waals surface area contributed by atoms with Gasteiger partial charge in [-0.1, -0.05) is 0 Å². The van der Waals surface area contributed by atoms with Gasteiger partial charge in [-0.3, -0.25) is 14.2 Å². The molecule has 0 aliphatic carbocycles. The molecule has 1 aliphatic rings. The second-order valence-electron chi connectivity index (χ2n) is 7.40. The highest BCUT2D eigenvalue weighted by Crippen LogP contribution is 2.26. The lowest BCUT2D eigenvalue weighted by molar-refractivity contribution is -0.129. The lowest BCUT2D eigenvalue weighted by Crippen LogP contribution is -2.51. The topological polar surface area (TPSA) is 93.7 Å². The van der Waals surface area contributed by atoms with Gasteiger partial charge in [0, 0.05) is 43.9 Å². The molecule has 1 aromatic carbocycles. The number of hydrogen-bond acceptors (Lipinski definition) is 6. The number of nitrogens with zero attached hydrogens (tertiary/aromatic N) is 4. The van der Waals surface area contributed by atoms with Crippen molar-refractivity contribution in [2.75, 3.05) is 37.6 Å². The zero-order chi connectivity index (χ0) is 22.7. The van der Waals surface area contributed by atoms with E-state index in [-0.39, 0.29) is 46.6 Å². The van der Waals surface area contributed by atoms with Crippen LogP contribution in [0.3, 0.4) is 0 Å². The summed E-state index contributed by atoms with van der Waals surface area (Å²) in [5, 5.41) is 0. The first-order valence-electron chi connectivity index (χ1n) is 9.84. The van der Waals surface area contributed by atoms with E-state index in [2.05, 4.69) is 20.9 Å². The van der Waals surface area contributed by atoms with Gasteiger partial charge in [0.1, 0.15) is 22.7 Å². The molecule has 0 atom stereocenters. The maximum atomic E-state index is 13.9. The molecule has 2 heterocycles. The number of benzene rings is 1. The lowest BCUT2D eigenvalue weighted by atomic mass is 10.2. The number of piperazine rings is 1. The van der Waals surface area contributed by atoms with E-state index in [9.17, 15) is 18.4 Å². The van der Waals surface area contributed by atoms with Crippen LogP contribution in [-0.4, -0.2) is 53.1 Å². The highest BCUT2D eigenvalue weighted by atomic mass is 79.9. The summed E-state index contributed by atoms with van der Waals surface area (Å²) < 4.78 is 34.3. The number of carbonyl (C=O) groups is 1. The van der Waals surface area contributed by atoms with Gasteiger partial charge in [-0.25, -0.2) is 8.78 Å². The van der Waals surface area contributed by atoms with Gasteiger partial charge in [-0.15, -0.1) is 0 Å². The molecule has 1 amide bonds. The van der Waals surface area contributed by atoms with Gasteiger partial charge < -0.3 is 20.3 Å². The molecule has 2 aromatic rings. The van der Waals surface area contributed by atoms with E-state index in [1.165, 1.54) is 10.6 Å². The summed E-state index contributed by atoms with van der Waals surface area (Å²) in [5.74, 6) is -1.14. The second kappa shape index (κ2) is 9.73. The van der Waals surface area contributed by atoms with Gasteiger partial charge >= 0.3 is 0 Å². The standard InChI is InChI=1S/C20H24BrF2N5O3/c1-12(2)28-19(30)17(21)18(31-11-13-3-4-14(22)9-15(13)23)25-20(28)27-7-5-26(6-8-27)16(29)10-24/h3-4,9,12H,5-8,10-11,24H2,1-2H3. The molecule has 8 nitrogen and oxygen atoms in total. The molecule has 0 unspecified atom stereocenters. The summed E-state index contributed by atoms with van der Waals surface area (Å²) in [6.07, 6.45) is 0. The van der Waals surface area contributed by atoms with Gasteiger partial charge in [-0.05, 0) is 41.9 Å². The minimum absolute atomic E-state index is 0.0149. The van der Waals surface area contributed by atoms with Crippen molar-refractivity contribution in [2.45, 2.75) is 26.5 Å². The predicted octanol–water partition coefficient (Wildman–Crippen LogP) is 2.05. The zero-order valence-electron chi connectivity index (χ0n) is 17.3. The van der Waals surface area contributed by atoms with Crippen LogP contribution in [0.5, 0.6) is 5.88 Å². The Morgan fingerprint density at radius 1 is 1.26 bits per heavy atom. The molecule has 1 aromatic heterocycles. The summed E-state index contributed by atoms with van der Waals surface area (Å²) in [6, 6.07) is 3.00. The number of aromatic nitrogens is 2. The molecule has 1 fully saturated rings. The van der Waals surface area contributed by atoms with Crippen molar-refractivity contribution in [1.29, 1.82) is 0 Å². The minimum Gasteiger partial charge on any atom is -0.472 e. The number of hydrogen-bond donors (Lipinski definition) is 1. The van der Waals surface area contributed by atoms with E-state index >= 15 is 0 Å². The van der Waals surface area contributed by atoms with Crippen molar-refractivity contribution < 1.29 is 18.3 Å². The first-order chi connectivity index (χ1) is 14.7. The molecule has 2 N–H and O–H groups in total. The zero-order valence-corrected chi connectivity index (χ0v) is 18.9. The van der Waals surface area contributed by atoms with Crippen molar-refractivity contribution in [2.24, 2.45) is 5.73 Å². The number of anilines is 1. The normalized spacial score (nSPS) is 14.3. The molecule has 3 rings (SSSR count). The van der Waals surface area contributed by atoms with Crippen molar-refractivity contribution >= 4 is 27.8 Å². The van der Waals surface area contributed by atoms with Crippen LogP contribution < -0.4 is 20.9 Å². The highest BCUT2D eigenvalue weighted by Gasteiger charge is 2.26. The fraction of sp³-hybridized carbons (Fsp3) is 0.450. The van der Waals surface area contributed by atoms with E-state index in [4.69, 9.17) is 10.5 Å². The Morgan fingerprint density at radius 3 is 2.52 bits per heavy atom. The van der Waals surface area contributed by atoms with Crippen LogP contribution >= 0.6 is 15.9 Å². The predicted molar refractivity (Wildman–Crippen MR) is 115 cm³/mol. The van der Waals surface area contributed by atoms with Gasteiger partial charge in [0.25, 0.3) is 5.56 Å². The third-order valence-electron chi connectivity index (χ3n) is 5.00. The van der Waals surface area contributed by atoms with E-state index in [1.54, 1.807) is 4.90 Å². The van der Waals surface area contributed by atoms with Crippen molar-refractivity contribution in [1.82, 2.24) is 14.5 Å². The van der Waals surface area contributed by atoms with Crippen molar-refractivity contribution in [3.8, 4) is 5.88 Å². The second-order valence-corrected chi connectivity index (χ2v) is 8.19. The first-order valence-corrected chi connectivity index (χ1v) is 10.6. The molecule has 0 bridgehead atoms. The third kappa shape index (κ3) is 5.04. The maximum Gasteiger partial charge on any atom is 0.273 e. The SMILES string of the molecule is CC(C)n1c(N2CCN(C(=O)CN)CC2)nc(OCc2ccc(F)cc2F)c(Br)c1=O. The molecule has 1 saturated heterocycles. The van der Waals surface area contributed by atoms with Gasteiger partial charge in [0.05, 0.1) is 6.54 Å². The number of carbonyl (C=O) groups excluding carboxylic acids is 1. The molecule has 0 radical (unpaired) electrons. The lowest BCUT2D eigenvalue weighted by Gasteiger charge is -2.36. The Hall–Kier alpha value is -2.53. The van der Waals surface area contributed by atoms with Crippen LogP contribution in [0.25, 0.3) is 0 Å². The molecule has 1 aliphatic heterocycles. The Balaban J connectivity index is 1.89. The molecule has 0 saturated carbocycles. The van der Waals surface area contributed by atoms with E-state index < -0.39 is 11.6 Å².